The first kappa shape index (κ1) is 10.7. The molecule has 1 unspecified atom stereocenters. The summed E-state index contributed by atoms with van der Waals surface area (Å²) >= 11 is 0. The number of unbranched alkanes of at least 4 members (excludes halogenated alkanes) is 2. The van der Waals surface area contributed by atoms with Crippen LogP contribution in [0.15, 0.2) is 0 Å². The van der Waals surface area contributed by atoms with Crippen LogP contribution in [0.5, 0.6) is 0 Å². The summed E-state index contributed by atoms with van der Waals surface area (Å²) in [5.41, 5.74) is 0. The van der Waals surface area contributed by atoms with E-state index in [-0.39, 0.29) is 0 Å². The maximum atomic E-state index is 11.1. The molecule has 0 rings (SSSR count). The SMILES string of the molecule is CCCCCC(C)C(=O)CC. The summed E-state index contributed by atoms with van der Waals surface area (Å²) in [7, 11) is 0. The fourth-order valence-corrected chi connectivity index (χ4v) is 1.21. The normalized spacial score (nSPS) is 13.0. The second kappa shape index (κ2) is 6.38. The first-order chi connectivity index (χ1) is 5.22. The molecule has 0 aliphatic carbocycles. The van der Waals surface area contributed by atoms with Gasteiger partial charge in [-0.05, 0) is 6.42 Å². The van der Waals surface area contributed by atoms with Gasteiger partial charge in [0.2, 0.25) is 0 Å². The summed E-state index contributed by atoms with van der Waals surface area (Å²) in [6, 6.07) is 0. The lowest BCUT2D eigenvalue weighted by molar-refractivity contribution is -0.122. The summed E-state index contributed by atoms with van der Waals surface area (Å²) in [4.78, 5) is 11.1. The molecule has 0 spiro atoms. The Hall–Kier alpha value is -0.330. The van der Waals surface area contributed by atoms with Crippen molar-refractivity contribution in [1.29, 1.82) is 0 Å². The van der Waals surface area contributed by atoms with Gasteiger partial charge in [-0.25, -0.2) is 0 Å². The molecule has 0 amide bonds. The van der Waals surface area contributed by atoms with Gasteiger partial charge in [0.15, 0.2) is 0 Å². The van der Waals surface area contributed by atoms with Crippen molar-refractivity contribution in [3.63, 3.8) is 0 Å². The molecular formula is C10H20O. The molecule has 0 saturated carbocycles. The van der Waals surface area contributed by atoms with Crippen LogP contribution in [-0.4, -0.2) is 5.78 Å². The van der Waals surface area contributed by atoms with Crippen molar-refractivity contribution in [3.8, 4) is 0 Å². The maximum Gasteiger partial charge on any atom is 0.135 e. The van der Waals surface area contributed by atoms with Crippen molar-refractivity contribution in [1.82, 2.24) is 0 Å². The van der Waals surface area contributed by atoms with Crippen molar-refractivity contribution in [2.45, 2.75) is 52.9 Å². The van der Waals surface area contributed by atoms with E-state index in [2.05, 4.69) is 6.92 Å². The van der Waals surface area contributed by atoms with Crippen LogP contribution in [0, 0.1) is 5.92 Å². The van der Waals surface area contributed by atoms with Crippen molar-refractivity contribution in [2.75, 3.05) is 0 Å². The second-order valence-electron chi connectivity index (χ2n) is 3.22. The summed E-state index contributed by atoms with van der Waals surface area (Å²) in [6.45, 7) is 6.17. The molecule has 0 radical (unpaired) electrons. The van der Waals surface area contributed by atoms with E-state index >= 15 is 0 Å². The molecule has 0 aromatic rings. The lowest BCUT2D eigenvalue weighted by Crippen LogP contribution is -2.08. The molecular weight excluding hydrogens is 136 g/mol. The minimum Gasteiger partial charge on any atom is -0.299 e. The third-order valence-corrected chi connectivity index (χ3v) is 2.14. The molecule has 0 aromatic heterocycles. The first-order valence-electron chi connectivity index (χ1n) is 4.75. The number of ketones is 1. The van der Waals surface area contributed by atoms with Crippen LogP contribution in [0.2, 0.25) is 0 Å². The zero-order chi connectivity index (χ0) is 8.69. The summed E-state index contributed by atoms with van der Waals surface area (Å²) < 4.78 is 0. The highest BCUT2D eigenvalue weighted by atomic mass is 16.1. The Balaban J connectivity index is 3.36. The van der Waals surface area contributed by atoms with Gasteiger partial charge in [-0.2, -0.15) is 0 Å². The van der Waals surface area contributed by atoms with Crippen molar-refractivity contribution in [2.24, 2.45) is 5.92 Å². The van der Waals surface area contributed by atoms with Gasteiger partial charge in [-0.1, -0.05) is 40.0 Å². The predicted molar refractivity (Wildman–Crippen MR) is 48.6 cm³/mol. The van der Waals surface area contributed by atoms with E-state index in [0.717, 1.165) is 6.42 Å². The average molecular weight is 156 g/mol. The van der Waals surface area contributed by atoms with Gasteiger partial charge in [-0.15, -0.1) is 0 Å². The van der Waals surface area contributed by atoms with Crippen molar-refractivity contribution in [3.05, 3.63) is 0 Å². The van der Waals surface area contributed by atoms with Crippen molar-refractivity contribution < 1.29 is 4.79 Å². The molecule has 0 aliphatic rings. The maximum absolute atomic E-state index is 11.1. The van der Waals surface area contributed by atoms with Crippen molar-refractivity contribution >= 4 is 5.78 Å². The van der Waals surface area contributed by atoms with Gasteiger partial charge >= 0.3 is 0 Å². The number of hydrogen-bond acceptors (Lipinski definition) is 1. The Morgan fingerprint density at radius 1 is 1.27 bits per heavy atom. The van der Waals surface area contributed by atoms with E-state index in [4.69, 9.17) is 0 Å². The quantitative estimate of drug-likeness (QED) is 0.540. The van der Waals surface area contributed by atoms with Gasteiger partial charge in [0.1, 0.15) is 5.78 Å². The summed E-state index contributed by atoms with van der Waals surface area (Å²) in [5, 5.41) is 0. The van der Waals surface area contributed by atoms with E-state index in [0.29, 0.717) is 18.1 Å². The minimum absolute atomic E-state index is 0.298. The van der Waals surface area contributed by atoms with Crippen LogP contribution in [0.25, 0.3) is 0 Å². The first-order valence-corrected chi connectivity index (χ1v) is 4.75. The molecule has 0 fully saturated rings. The summed E-state index contributed by atoms with van der Waals surface area (Å²) in [6.07, 6.45) is 5.51. The highest BCUT2D eigenvalue weighted by molar-refractivity contribution is 5.80. The Kier molecular flexibility index (Phi) is 6.19. The lowest BCUT2D eigenvalue weighted by atomic mass is 9.97. The van der Waals surface area contributed by atoms with Crippen LogP contribution in [0.4, 0.5) is 0 Å². The predicted octanol–water partition coefficient (Wildman–Crippen LogP) is 3.18. The van der Waals surface area contributed by atoms with Gasteiger partial charge in [0.05, 0.1) is 0 Å². The molecule has 0 bridgehead atoms. The number of carbonyl (C=O) groups excluding carboxylic acids is 1. The third kappa shape index (κ3) is 5.00. The van der Waals surface area contributed by atoms with Gasteiger partial charge in [0, 0.05) is 12.3 Å². The van der Waals surface area contributed by atoms with Gasteiger partial charge in [0.25, 0.3) is 0 Å². The Morgan fingerprint density at radius 2 is 1.91 bits per heavy atom. The highest BCUT2D eigenvalue weighted by Crippen LogP contribution is 2.11. The Labute approximate surface area is 70.2 Å². The topological polar surface area (TPSA) is 17.1 Å². The van der Waals surface area contributed by atoms with E-state index in [9.17, 15) is 4.79 Å². The number of Topliss-reactive ketones (excluding diaryl/α,β-unsaturated/α-hetero) is 1. The van der Waals surface area contributed by atoms with E-state index in [1.165, 1.54) is 19.3 Å². The fraction of sp³-hybridized carbons (Fsp3) is 0.900. The third-order valence-electron chi connectivity index (χ3n) is 2.14. The molecule has 0 aromatic carbocycles. The van der Waals surface area contributed by atoms with E-state index < -0.39 is 0 Å². The smallest absolute Gasteiger partial charge is 0.135 e. The van der Waals surface area contributed by atoms with Crippen LogP contribution < -0.4 is 0 Å². The summed E-state index contributed by atoms with van der Waals surface area (Å²) in [5.74, 6) is 0.715. The van der Waals surface area contributed by atoms with E-state index in [1.807, 2.05) is 13.8 Å². The van der Waals surface area contributed by atoms with Crippen LogP contribution in [-0.2, 0) is 4.79 Å². The van der Waals surface area contributed by atoms with Crippen LogP contribution in [0.1, 0.15) is 52.9 Å². The minimum atomic E-state index is 0.298. The van der Waals surface area contributed by atoms with Crippen LogP contribution in [0.3, 0.4) is 0 Å². The lowest BCUT2D eigenvalue weighted by Gasteiger charge is -2.07. The standard InChI is InChI=1S/C10H20O/c1-4-6-7-8-9(3)10(11)5-2/h9H,4-8H2,1-3H3. The Bertz CT molecular complexity index is 107. The number of rotatable bonds is 6. The zero-order valence-electron chi connectivity index (χ0n) is 8.02. The highest BCUT2D eigenvalue weighted by Gasteiger charge is 2.08. The fourth-order valence-electron chi connectivity index (χ4n) is 1.21. The molecule has 0 saturated heterocycles. The molecule has 66 valence electrons. The zero-order valence-corrected chi connectivity index (χ0v) is 8.02. The largest absolute Gasteiger partial charge is 0.299 e. The number of hydrogen-bond donors (Lipinski definition) is 0. The van der Waals surface area contributed by atoms with Gasteiger partial charge in [-0.3, -0.25) is 4.79 Å². The molecule has 1 heteroatoms. The molecule has 0 heterocycles. The second-order valence-corrected chi connectivity index (χ2v) is 3.22. The molecule has 1 nitrogen and oxygen atoms in total. The molecule has 0 N–H and O–H groups in total. The van der Waals surface area contributed by atoms with Crippen LogP contribution >= 0.6 is 0 Å². The molecule has 11 heavy (non-hydrogen) atoms. The average Bonchev–Trinajstić information content (AvgIpc) is 2.03. The monoisotopic (exact) mass is 156 g/mol. The number of carbonyl (C=O) groups is 1. The van der Waals surface area contributed by atoms with Gasteiger partial charge < -0.3 is 0 Å². The molecule has 1 atom stereocenters. The molecule has 0 aliphatic heterocycles. The van der Waals surface area contributed by atoms with E-state index in [1.54, 1.807) is 0 Å². The Morgan fingerprint density at radius 3 is 2.36 bits per heavy atom.